The summed E-state index contributed by atoms with van der Waals surface area (Å²) in [6.45, 7) is 19.4. The average molecular weight is 430 g/mol. The molecule has 29 heavy (non-hydrogen) atoms. The number of alkyl carbamates (subject to hydrolysis) is 1. The van der Waals surface area contributed by atoms with E-state index in [0.29, 0.717) is 12.3 Å². The lowest BCUT2D eigenvalue weighted by atomic mass is 9.93. The van der Waals surface area contributed by atoms with Gasteiger partial charge in [-0.3, -0.25) is 0 Å². The predicted octanol–water partition coefficient (Wildman–Crippen LogP) is 5.41. The van der Waals surface area contributed by atoms with Gasteiger partial charge in [0.25, 0.3) is 0 Å². The Morgan fingerprint density at radius 3 is 2.34 bits per heavy atom. The van der Waals surface area contributed by atoms with Crippen molar-refractivity contribution in [1.29, 1.82) is 0 Å². The first kappa shape index (κ1) is 26.0. The van der Waals surface area contributed by atoms with Gasteiger partial charge in [-0.2, -0.15) is 0 Å². The van der Waals surface area contributed by atoms with Gasteiger partial charge in [0.05, 0.1) is 6.10 Å². The van der Waals surface area contributed by atoms with Gasteiger partial charge in [0, 0.05) is 6.61 Å². The van der Waals surface area contributed by atoms with Crippen LogP contribution in [0.3, 0.4) is 0 Å². The summed E-state index contributed by atoms with van der Waals surface area (Å²) < 4.78 is 17.2. The maximum absolute atomic E-state index is 12.5. The molecule has 1 saturated heterocycles. The number of hydrogen-bond acceptors (Lipinski definition) is 5. The number of hydrogen-bond donors (Lipinski definition) is 1. The van der Waals surface area contributed by atoms with Crippen molar-refractivity contribution in [2.75, 3.05) is 6.61 Å². The molecule has 1 heterocycles. The number of rotatable bonds is 5. The Kier molecular flexibility index (Phi) is 9.21. The van der Waals surface area contributed by atoms with Crippen LogP contribution in [0.2, 0.25) is 18.1 Å². The summed E-state index contributed by atoms with van der Waals surface area (Å²) in [5.74, 6) is 0.0735. The number of carbonyl (C=O) groups excluding carboxylic acids is 2. The maximum Gasteiger partial charge on any atom is 0.408 e. The first-order valence-corrected chi connectivity index (χ1v) is 13.9. The van der Waals surface area contributed by atoms with Gasteiger partial charge >= 0.3 is 12.1 Å². The number of amides is 1. The van der Waals surface area contributed by atoms with Crippen LogP contribution in [0, 0.1) is 5.92 Å². The lowest BCUT2D eigenvalue weighted by Gasteiger charge is -2.36. The quantitative estimate of drug-likeness (QED) is 0.467. The van der Waals surface area contributed by atoms with Crippen molar-refractivity contribution in [1.82, 2.24) is 5.32 Å². The van der Waals surface area contributed by atoms with Crippen molar-refractivity contribution in [3.05, 3.63) is 0 Å². The van der Waals surface area contributed by atoms with E-state index in [-0.39, 0.29) is 17.1 Å². The molecule has 0 unspecified atom stereocenters. The smallest absolute Gasteiger partial charge is 0.408 e. The molecule has 1 fully saturated rings. The van der Waals surface area contributed by atoms with Crippen molar-refractivity contribution in [3.8, 4) is 0 Å². The Bertz CT molecular complexity index is 550. The first-order chi connectivity index (χ1) is 13.1. The molecular weight excluding hydrogens is 386 g/mol. The van der Waals surface area contributed by atoms with Crippen LogP contribution in [0.5, 0.6) is 0 Å². The molecular formula is C22H43NO5Si. The van der Waals surface area contributed by atoms with Crippen LogP contribution in [-0.2, 0) is 18.7 Å². The number of carbonyl (C=O) groups is 2. The van der Waals surface area contributed by atoms with Crippen molar-refractivity contribution in [2.24, 2.45) is 5.92 Å². The molecule has 7 heteroatoms. The first-order valence-electron chi connectivity index (χ1n) is 10.9. The monoisotopic (exact) mass is 429 g/mol. The van der Waals surface area contributed by atoms with Crippen molar-refractivity contribution in [2.45, 2.75) is 116 Å². The van der Waals surface area contributed by atoms with Crippen LogP contribution in [0.25, 0.3) is 0 Å². The van der Waals surface area contributed by atoms with Gasteiger partial charge in [-0.15, -0.1) is 0 Å². The zero-order valence-corrected chi connectivity index (χ0v) is 21.0. The average Bonchev–Trinajstić information content (AvgIpc) is 2.55. The zero-order valence-electron chi connectivity index (χ0n) is 20.0. The van der Waals surface area contributed by atoms with E-state index in [2.05, 4.69) is 39.2 Å². The van der Waals surface area contributed by atoms with Crippen LogP contribution in [-0.4, -0.2) is 44.7 Å². The lowest BCUT2D eigenvalue weighted by Crippen LogP contribution is -2.44. The predicted molar refractivity (Wildman–Crippen MR) is 118 cm³/mol. The molecule has 1 aliphatic heterocycles. The SMILES string of the molecule is C[C@H]1C[C@@H](CCO[Si](C)(C)C(C)(C)C)CCC[C@H](NC(=O)OC(C)(C)C)C(=O)O1. The summed E-state index contributed by atoms with van der Waals surface area (Å²) >= 11 is 0. The van der Waals surface area contributed by atoms with E-state index >= 15 is 0 Å². The van der Waals surface area contributed by atoms with E-state index in [9.17, 15) is 9.59 Å². The van der Waals surface area contributed by atoms with Gasteiger partial charge in [-0.05, 0) is 71.0 Å². The summed E-state index contributed by atoms with van der Waals surface area (Å²) in [6.07, 6.45) is 3.45. The standard InChI is InChI=1S/C22H43NO5Si/c1-16-15-17(13-14-26-29(8,9)22(5,6)7)11-10-12-18(19(24)27-16)23-20(25)28-21(2,3)4/h16-18H,10-15H2,1-9H3,(H,23,25)/t16-,17+,18-/m0/s1. The van der Waals surface area contributed by atoms with Gasteiger partial charge < -0.3 is 19.2 Å². The molecule has 170 valence electrons. The molecule has 0 aliphatic carbocycles. The highest BCUT2D eigenvalue weighted by Gasteiger charge is 2.37. The molecule has 0 aromatic rings. The third-order valence-electron chi connectivity index (χ3n) is 5.86. The molecule has 1 aliphatic rings. The molecule has 1 rings (SSSR count). The van der Waals surface area contributed by atoms with Crippen LogP contribution in [0.15, 0.2) is 0 Å². The normalized spacial score (nSPS) is 24.7. The Hall–Kier alpha value is -1.08. The Labute approximate surface area is 178 Å². The van der Waals surface area contributed by atoms with Gasteiger partial charge in [0.15, 0.2) is 8.32 Å². The summed E-state index contributed by atoms with van der Waals surface area (Å²) in [5.41, 5.74) is -0.602. The number of esters is 1. The molecule has 3 atom stereocenters. The van der Waals surface area contributed by atoms with E-state index in [1.54, 1.807) is 20.8 Å². The fourth-order valence-corrected chi connectivity index (χ4v) is 4.25. The van der Waals surface area contributed by atoms with Crippen LogP contribution < -0.4 is 5.32 Å². The molecule has 0 spiro atoms. The molecule has 1 amide bonds. The largest absolute Gasteiger partial charge is 0.461 e. The summed E-state index contributed by atoms with van der Waals surface area (Å²) in [7, 11) is -1.75. The molecule has 6 nitrogen and oxygen atoms in total. The maximum atomic E-state index is 12.5. The summed E-state index contributed by atoms with van der Waals surface area (Å²) in [5, 5.41) is 2.88. The summed E-state index contributed by atoms with van der Waals surface area (Å²) in [4.78, 5) is 24.5. The van der Waals surface area contributed by atoms with E-state index in [0.717, 1.165) is 32.3 Å². The highest BCUT2D eigenvalue weighted by Crippen LogP contribution is 2.37. The van der Waals surface area contributed by atoms with E-state index in [4.69, 9.17) is 13.9 Å². The minimum absolute atomic E-state index is 0.179. The van der Waals surface area contributed by atoms with E-state index in [1.807, 2.05) is 6.92 Å². The summed E-state index contributed by atoms with van der Waals surface area (Å²) in [6, 6.07) is -0.658. The molecule has 0 bridgehead atoms. The third kappa shape index (κ3) is 9.51. The highest BCUT2D eigenvalue weighted by molar-refractivity contribution is 6.74. The fourth-order valence-electron chi connectivity index (χ4n) is 3.18. The Morgan fingerprint density at radius 1 is 1.17 bits per heavy atom. The number of cyclic esters (lactones) is 1. The third-order valence-corrected chi connectivity index (χ3v) is 10.4. The van der Waals surface area contributed by atoms with Gasteiger partial charge in [0.2, 0.25) is 0 Å². The Morgan fingerprint density at radius 2 is 1.79 bits per heavy atom. The second-order valence-electron chi connectivity index (χ2n) is 10.9. The highest BCUT2D eigenvalue weighted by atomic mass is 28.4. The minimum atomic E-state index is -1.75. The second kappa shape index (κ2) is 10.3. The van der Waals surface area contributed by atoms with Crippen molar-refractivity contribution < 1.29 is 23.5 Å². The number of ether oxygens (including phenoxy) is 2. The van der Waals surface area contributed by atoms with Gasteiger partial charge in [-0.25, -0.2) is 9.59 Å². The van der Waals surface area contributed by atoms with E-state index in [1.165, 1.54) is 0 Å². The molecule has 0 aromatic heterocycles. The van der Waals surface area contributed by atoms with Crippen molar-refractivity contribution in [3.63, 3.8) is 0 Å². The minimum Gasteiger partial charge on any atom is -0.461 e. The van der Waals surface area contributed by atoms with E-state index < -0.39 is 26.1 Å². The van der Waals surface area contributed by atoms with Crippen LogP contribution in [0.1, 0.15) is 80.6 Å². The topological polar surface area (TPSA) is 73.9 Å². The lowest BCUT2D eigenvalue weighted by molar-refractivity contribution is -0.151. The van der Waals surface area contributed by atoms with Gasteiger partial charge in [-0.1, -0.05) is 33.6 Å². The number of nitrogens with one attached hydrogen (secondary N) is 1. The molecule has 0 radical (unpaired) electrons. The van der Waals surface area contributed by atoms with Crippen LogP contribution in [0.4, 0.5) is 4.79 Å². The fraction of sp³-hybridized carbons (Fsp3) is 0.909. The second-order valence-corrected chi connectivity index (χ2v) is 15.7. The van der Waals surface area contributed by atoms with Gasteiger partial charge in [0.1, 0.15) is 11.6 Å². The molecule has 0 aromatic carbocycles. The van der Waals surface area contributed by atoms with Crippen LogP contribution >= 0.6 is 0 Å². The Balaban J connectivity index is 2.61. The molecule has 1 N–H and O–H groups in total. The zero-order chi connectivity index (χ0) is 22.5. The van der Waals surface area contributed by atoms with Crippen molar-refractivity contribution >= 4 is 20.4 Å². The molecule has 0 saturated carbocycles.